The standard InChI is InChI=1S/C30H42BN4O6P/c1-33(2)23-15(12-35-8-6-7-16(35)13-41-5)11-19(36)21-17(23)9-14-10-18-24(34(3)4)26(38)22(29(32)40)27(31)30(18,42)28(39)20(14)25(21)37/h11,14,16,18,24,31,36,38-39H,6-10,12-13,42H2,1-5H3,(H2,32,40)/t14-,16-,18-,24-,30+/m0/s1. The van der Waals surface area contributed by atoms with E-state index in [-0.39, 0.29) is 45.4 Å². The molecule has 226 valence electrons. The molecule has 1 saturated heterocycles. The molecular weight excluding hydrogens is 554 g/mol. The Bertz CT molecular complexity index is 1420. The van der Waals surface area contributed by atoms with E-state index < -0.39 is 28.8 Å². The van der Waals surface area contributed by atoms with Crippen LogP contribution in [-0.2, 0) is 22.5 Å². The number of aromatic hydroxyl groups is 1. The van der Waals surface area contributed by atoms with E-state index in [0.717, 1.165) is 36.2 Å². The number of hydrogen-bond donors (Lipinski definition) is 4. The Kier molecular flexibility index (Phi) is 8.11. The van der Waals surface area contributed by atoms with Crippen molar-refractivity contribution in [2.24, 2.45) is 17.6 Å². The number of benzene rings is 1. The number of fused-ring (bicyclic) bond motifs is 3. The van der Waals surface area contributed by atoms with Gasteiger partial charge in [0, 0.05) is 7.11 Å². The summed E-state index contributed by atoms with van der Waals surface area (Å²) in [5, 5.41) is 33.1. The zero-order valence-electron chi connectivity index (χ0n) is 25.1. The monoisotopic (exact) mass is 596 g/mol. The van der Waals surface area contributed by atoms with E-state index in [4.69, 9.17) is 10.5 Å². The second-order valence-corrected chi connectivity index (χ2v) is 13.5. The average Bonchev–Trinajstić information content (AvgIpc) is 3.32. The Balaban J connectivity index is 1.65. The third-order valence-corrected chi connectivity index (χ3v) is 10.8. The molecular formula is C30H42BN4O6P. The second-order valence-electron chi connectivity index (χ2n) is 12.6. The summed E-state index contributed by atoms with van der Waals surface area (Å²) in [6.07, 6.45) is 2.98. The van der Waals surface area contributed by atoms with E-state index in [9.17, 15) is 24.9 Å². The van der Waals surface area contributed by atoms with Crippen molar-refractivity contribution in [2.45, 2.75) is 49.5 Å². The number of primary amides is 1. The van der Waals surface area contributed by atoms with E-state index in [0.29, 0.717) is 32.0 Å². The van der Waals surface area contributed by atoms with Gasteiger partial charge in [0.15, 0.2) is 0 Å². The topological polar surface area (TPSA) is 140 Å². The molecule has 1 aromatic carbocycles. The molecule has 1 fully saturated rings. The maximum absolute atomic E-state index is 14.2. The number of aliphatic hydroxyl groups excluding tert-OH is 2. The number of methoxy groups -OCH3 is 1. The van der Waals surface area contributed by atoms with Crippen LogP contribution in [0.3, 0.4) is 0 Å². The molecule has 1 aliphatic heterocycles. The van der Waals surface area contributed by atoms with Crippen LogP contribution >= 0.6 is 9.24 Å². The second kappa shape index (κ2) is 11.1. The molecule has 0 aromatic heterocycles. The number of nitrogens with two attached hydrogens (primary N) is 1. The van der Waals surface area contributed by atoms with E-state index in [2.05, 4.69) is 21.6 Å². The Morgan fingerprint density at radius 3 is 2.55 bits per heavy atom. The van der Waals surface area contributed by atoms with Crippen LogP contribution in [0.4, 0.5) is 5.69 Å². The predicted molar refractivity (Wildman–Crippen MR) is 168 cm³/mol. The minimum absolute atomic E-state index is 0.110. The van der Waals surface area contributed by atoms with Crippen LogP contribution in [0.25, 0.3) is 0 Å². The molecule has 42 heavy (non-hydrogen) atoms. The number of aliphatic hydroxyl groups is 2. The van der Waals surface area contributed by atoms with Crippen molar-refractivity contribution >= 4 is 39.6 Å². The molecule has 10 nitrogen and oxygen atoms in total. The molecule has 5 rings (SSSR count). The number of ketones is 1. The van der Waals surface area contributed by atoms with E-state index in [1.54, 1.807) is 32.2 Å². The number of nitrogens with zero attached hydrogens (tertiary/aromatic N) is 3. The van der Waals surface area contributed by atoms with Gasteiger partial charge in [-0.25, -0.2) is 0 Å². The summed E-state index contributed by atoms with van der Waals surface area (Å²) in [6.45, 7) is 2.18. The number of rotatable bonds is 7. The number of Topliss-reactive ketones (excluding diaryl/α,β-unsaturated/α-hetero) is 1. The summed E-state index contributed by atoms with van der Waals surface area (Å²) in [7, 11) is 15.9. The minimum atomic E-state index is -1.30. The third-order valence-electron chi connectivity index (χ3n) is 9.76. The van der Waals surface area contributed by atoms with E-state index in [1.165, 1.54) is 0 Å². The van der Waals surface area contributed by atoms with Crippen LogP contribution in [0.2, 0.25) is 0 Å². The fraction of sp³-hybridized carbons (Fsp3) is 0.567. The summed E-state index contributed by atoms with van der Waals surface area (Å²) in [5.41, 5.74) is 8.69. The number of allylic oxidation sites excluding steroid dienone is 2. The van der Waals surface area contributed by atoms with Crippen LogP contribution in [0, 0.1) is 11.8 Å². The van der Waals surface area contributed by atoms with Gasteiger partial charge in [0.2, 0.25) is 0 Å². The summed E-state index contributed by atoms with van der Waals surface area (Å²) in [5.74, 6) is -2.57. The first-order valence-electron chi connectivity index (χ1n) is 14.4. The van der Waals surface area contributed by atoms with Crippen molar-refractivity contribution in [1.82, 2.24) is 9.80 Å². The van der Waals surface area contributed by atoms with Crippen LogP contribution in [0.15, 0.2) is 28.7 Å². The van der Waals surface area contributed by atoms with Crippen LogP contribution in [0.5, 0.6) is 5.75 Å². The van der Waals surface area contributed by atoms with Gasteiger partial charge >= 0.3 is 219 Å². The van der Waals surface area contributed by atoms with Gasteiger partial charge in [0.25, 0.3) is 0 Å². The number of carbonyl (C=O) groups is 2. The van der Waals surface area contributed by atoms with Crippen LogP contribution < -0.4 is 10.6 Å². The normalized spacial score (nSPS) is 29.6. The molecule has 1 heterocycles. The number of amides is 1. The number of phenolic OH excluding ortho intramolecular Hbond substituents is 1. The zero-order valence-corrected chi connectivity index (χ0v) is 26.3. The fourth-order valence-electron chi connectivity index (χ4n) is 7.99. The van der Waals surface area contributed by atoms with Gasteiger partial charge in [-0.3, -0.25) is 0 Å². The van der Waals surface area contributed by atoms with Gasteiger partial charge in [0.05, 0.1) is 6.61 Å². The first-order chi connectivity index (χ1) is 19.7. The van der Waals surface area contributed by atoms with E-state index in [1.807, 2.05) is 19.0 Å². The van der Waals surface area contributed by atoms with Gasteiger partial charge < -0.3 is 4.74 Å². The molecule has 1 amide bonds. The molecule has 3 aliphatic carbocycles. The molecule has 1 aromatic rings. The van der Waals surface area contributed by atoms with Crippen molar-refractivity contribution in [3.63, 3.8) is 0 Å². The van der Waals surface area contributed by atoms with Gasteiger partial charge in [0.1, 0.15) is 0 Å². The summed E-state index contributed by atoms with van der Waals surface area (Å²) in [4.78, 5) is 32.8. The molecule has 12 heteroatoms. The molecule has 6 atom stereocenters. The van der Waals surface area contributed by atoms with Gasteiger partial charge in [-0.1, -0.05) is 0 Å². The molecule has 1 unspecified atom stereocenters. The average molecular weight is 596 g/mol. The van der Waals surface area contributed by atoms with Gasteiger partial charge in [-0.15, -0.1) is 0 Å². The first kappa shape index (κ1) is 30.7. The number of likely N-dealkylation sites (tertiary alicyclic amines) is 1. The third kappa shape index (κ3) is 4.51. The quantitative estimate of drug-likeness (QED) is 0.270. The summed E-state index contributed by atoms with van der Waals surface area (Å²) in [6, 6.07) is 1.33. The number of likely N-dealkylation sites (N-methyl/N-ethyl adjacent to an activating group) is 1. The first-order valence-corrected chi connectivity index (χ1v) is 15.0. The number of phenols is 1. The number of hydrogen-bond acceptors (Lipinski definition) is 9. The molecule has 0 saturated carbocycles. The van der Waals surface area contributed by atoms with Crippen molar-refractivity contribution in [1.29, 1.82) is 0 Å². The van der Waals surface area contributed by atoms with Crippen molar-refractivity contribution in [2.75, 3.05) is 53.4 Å². The van der Waals surface area contributed by atoms with Crippen molar-refractivity contribution in [3.8, 4) is 5.75 Å². The van der Waals surface area contributed by atoms with Crippen molar-refractivity contribution in [3.05, 3.63) is 45.4 Å². The Morgan fingerprint density at radius 1 is 1.26 bits per heavy atom. The molecule has 5 N–H and O–H groups in total. The van der Waals surface area contributed by atoms with Crippen molar-refractivity contribution < 1.29 is 29.6 Å². The Labute approximate surface area is 250 Å². The molecule has 0 bridgehead atoms. The predicted octanol–water partition coefficient (Wildman–Crippen LogP) is 1.18. The number of anilines is 1. The SMILES string of the molecule is B=C1C(C(N)=O)=C(O)[C@@H](N(C)C)[C@@H]2C[C@@H]3Cc4c(c(O)cc(CN5CCC[C@H]5COC)c4N(C)C)C(=O)C3=C(O)[C@]12P. The Morgan fingerprint density at radius 2 is 1.95 bits per heavy atom. The van der Waals surface area contributed by atoms with E-state index >= 15 is 0 Å². The fourth-order valence-corrected chi connectivity index (χ4v) is 8.61. The maximum atomic E-state index is 14.2. The molecule has 0 spiro atoms. The van der Waals surface area contributed by atoms with Gasteiger partial charge in [-0.05, 0) is 12.8 Å². The zero-order chi connectivity index (χ0) is 30.8. The summed E-state index contributed by atoms with van der Waals surface area (Å²) < 4.78 is 5.45. The van der Waals surface area contributed by atoms with Crippen LogP contribution in [-0.4, -0.2) is 115 Å². The number of ether oxygens (including phenoxy) is 1. The summed E-state index contributed by atoms with van der Waals surface area (Å²) >= 11 is 0. The molecule has 0 radical (unpaired) electrons. The Hall–Kier alpha value is -2.72. The van der Waals surface area contributed by atoms with Crippen LogP contribution in [0.1, 0.15) is 40.7 Å². The molecule has 4 aliphatic rings. The van der Waals surface area contributed by atoms with Gasteiger partial charge in [-0.2, -0.15) is 0 Å². The number of carbonyl (C=O) groups excluding carboxylic acids is 2.